The van der Waals surface area contributed by atoms with Crippen molar-refractivity contribution < 1.29 is 24.3 Å². The van der Waals surface area contributed by atoms with Crippen LogP contribution in [-0.2, 0) is 19.6 Å². The maximum absolute atomic E-state index is 11.0. The SMILES string of the molecule is CCCCCCCCOOOC(=O)OC(C)(C)C. The van der Waals surface area contributed by atoms with Crippen molar-refractivity contribution in [2.45, 2.75) is 71.8 Å². The van der Waals surface area contributed by atoms with Crippen LogP contribution >= 0.6 is 0 Å². The summed E-state index contributed by atoms with van der Waals surface area (Å²) in [5.41, 5.74) is -0.597. The molecule has 0 aliphatic rings. The number of hydrogen-bond donors (Lipinski definition) is 0. The standard InChI is InChI=1S/C13H26O5/c1-5-6-7-8-9-10-11-15-18-17-12(14)16-13(2,3)4/h5-11H2,1-4H3. The second-order valence-electron chi connectivity index (χ2n) is 5.21. The average Bonchev–Trinajstić information content (AvgIpc) is 2.24. The van der Waals surface area contributed by atoms with Gasteiger partial charge in [-0.15, -0.1) is 0 Å². The molecule has 0 rings (SSSR count). The van der Waals surface area contributed by atoms with Crippen LogP contribution in [0.4, 0.5) is 4.79 Å². The minimum atomic E-state index is -0.898. The van der Waals surface area contributed by atoms with Crippen LogP contribution < -0.4 is 0 Å². The van der Waals surface area contributed by atoms with Gasteiger partial charge in [0.1, 0.15) is 5.60 Å². The minimum absolute atomic E-state index is 0.412. The van der Waals surface area contributed by atoms with E-state index in [1.807, 2.05) is 0 Å². The summed E-state index contributed by atoms with van der Waals surface area (Å²) in [7, 11) is 0. The third kappa shape index (κ3) is 13.3. The molecule has 0 aliphatic heterocycles. The zero-order chi connectivity index (χ0) is 13.9. The van der Waals surface area contributed by atoms with E-state index in [9.17, 15) is 4.79 Å². The molecule has 0 aromatic carbocycles. The van der Waals surface area contributed by atoms with E-state index in [1.54, 1.807) is 20.8 Å². The number of ether oxygens (including phenoxy) is 1. The van der Waals surface area contributed by atoms with Crippen molar-refractivity contribution in [2.24, 2.45) is 0 Å². The molecule has 108 valence electrons. The Kier molecular flexibility index (Phi) is 9.69. The molecule has 5 nitrogen and oxygen atoms in total. The van der Waals surface area contributed by atoms with Crippen LogP contribution in [0.5, 0.6) is 0 Å². The van der Waals surface area contributed by atoms with Gasteiger partial charge < -0.3 is 4.74 Å². The predicted octanol–water partition coefficient (Wildman–Crippen LogP) is 4.16. The van der Waals surface area contributed by atoms with Crippen molar-refractivity contribution in [1.29, 1.82) is 0 Å². The Morgan fingerprint density at radius 2 is 1.61 bits per heavy atom. The molecule has 0 heterocycles. The molecule has 0 fully saturated rings. The van der Waals surface area contributed by atoms with Gasteiger partial charge in [-0.2, -0.15) is 4.89 Å². The van der Waals surface area contributed by atoms with E-state index < -0.39 is 11.8 Å². The quantitative estimate of drug-likeness (QED) is 0.270. The van der Waals surface area contributed by atoms with Crippen LogP contribution in [0, 0.1) is 0 Å². The van der Waals surface area contributed by atoms with Gasteiger partial charge >= 0.3 is 6.16 Å². The molecule has 0 saturated carbocycles. The molecule has 0 aliphatic carbocycles. The summed E-state index contributed by atoms with van der Waals surface area (Å²) in [6, 6.07) is 0. The molecule has 0 amide bonds. The fourth-order valence-corrected chi connectivity index (χ4v) is 1.29. The van der Waals surface area contributed by atoms with Gasteiger partial charge in [-0.3, -0.25) is 0 Å². The van der Waals surface area contributed by atoms with Crippen molar-refractivity contribution in [2.75, 3.05) is 6.61 Å². The first-order valence-electron chi connectivity index (χ1n) is 6.65. The highest BCUT2D eigenvalue weighted by Gasteiger charge is 2.18. The number of carbonyl (C=O) groups excluding carboxylic acids is 1. The molecular formula is C13H26O5. The number of hydrogen-bond acceptors (Lipinski definition) is 5. The van der Waals surface area contributed by atoms with Gasteiger partial charge in [0.25, 0.3) is 0 Å². The van der Waals surface area contributed by atoms with Gasteiger partial charge in [0, 0.05) is 0 Å². The zero-order valence-corrected chi connectivity index (χ0v) is 12.0. The summed E-state index contributed by atoms with van der Waals surface area (Å²) in [5, 5.41) is 4.29. The number of carbonyl (C=O) groups is 1. The lowest BCUT2D eigenvalue weighted by atomic mass is 10.1. The highest BCUT2D eigenvalue weighted by atomic mass is 17.5. The van der Waals surface area contributed by atoms with Gasteiger partial charge in [-0.05, 0) is 32.2 Å². The maximum Gasteiger partial charge on any atom is 0.543 e. The van der Waals surface area contributed by atoms with Crippen LogP contribution in [0.15, 0.2) is 0 Å². The average molecular weight is 262 g/mol. The molecule has 0 N–H and O–H groups in total. The normalized spacial score (nSPS) is 11.3. The van der Waals surface area contributed by atoms with Crippen LogP contribution in [0.2, 0.25) is 0 Å². The molecule has 0 aromatic rings. The molecule has 0 unspecified atom stereocenters. The lowest BCUT2D eigenvalue weighted by molar-refractivity contribution is -0.487. The molecule has 0 bridgehead atoms. The van der Waals surface area contributed by atoms with E-state index in [1.165, 1.54) is 25.7 Å². The van der Waals surface area contributed by atoms with Crippen molar-refractivity contribution >= 4 is 6.16 Å². The molecular weight excluding hydrogens is 236 g/mol. The fraction of sp³-hybridized carbons (Fsp3) is 0.923. The molecule has 0 saturated heterocycles. The molecule has 0 aromatic heterocycles. The molecule has 0 atom stereocenters. The molecule has 0 radical (unpaired) electrons. The minimum Gasteiger partial charge on any atom is -0.427 e. The Morgan fingerprint density at radius 3 is 2.22 bits per heavy atom. The summed E-state index contributed by atoms with van der Waals surface area (Å²) in [6.45, 7) is 7.82. The van der Waals surface area contributed by atoms with Crippen molar-refractivity contribution in [3.05, 3.63) is 0 Å². The van der Waals surface area contributed by atoms with Crippen LogP contribution in [0.1, 0.15) is 66.2 Å². The van der Waals surface area contributed by atoms with E-state index in [0.717, 1.165) is 12.8 Å². The van der Waals surface area contributed by atoms with E-state index in [2.05, 4.69) is 16.8 Å². The van der Waals surface area contributed by atoms with Gasteiger partial charge in [-0.1, -0.05) is 39.0 Å². The Bertz CT molecular complexity index is 210. The third-order valence-corrected chi connectivity index (χ3v) is 2.12. The first kappa shape index (κ1) is 17.2. The van der Waals surface area contributed by atoms with Gasteiger partial charge in [-0.25, -0.2) is 9.68 Å². The number of unbranched alkanes of at least 4 members (excludes halogenated alkanes) is 5. The zero-order valence-electron chi connectivity index (χ0n) is 12.0. The van der Waals surface area contributed by atoms with E-state index >= 15 is 0 Å². The summed E-state index contributed by atoms with van der Waals surface area (Å²) in [6.07, 6.45) is 6.06. The van der Waals surface area contributed by atoms with Gasteiger partial charge in [0.05, 0.1) is 6.61 Å². The van der Waals surface area contributed by atoms with E-state index in [-0.39, 0.29) is 0 Å². The lowest BCUT2D eigenvalue weighted by Crippen LogP contribution is -2.24. The largest absolute Gasteiger partial charge is 0.543 e. The summed E-state index contributed by atoms with van der Waals surface area (Å²) in [5.74, 6) is 0. The third-order valence-electron chi connectivity index (χ3n) is 2.12. The highest BCUT2D eigenvalue weighted by molar-refractivity contribution is 5.59. The van der Waals surface area contributed by atoms with Crippen molar-refractivity contribution in [3.63, 3.8) is 0 Å². The second-order valence-corrected chi connectivity index (χ2v) is 5.21. The van der Waals surface area contributed by atoms with Crippen molar-refractivity contribution in [1.82, 2.24) is 0 Å². The Morgan fingerprint density at radius 1 is 1.00 bits per heavy atom. The summed E-state index contributed by atoms with van der Waals surface area (Å²) < 4.78 is 4.84. The smallest absolute Gasteiger partial charge is 0.427 e. The van der Waals surface area contributed by atoms with E-state index in [4.69, 9.17) is 9.62 Å². The topological polar surface area (TPSA) is 54.0 Å². The molecule has 5 heteroatoms. The first-order chi connectivity index (χ1) is 8.45. The maximum atomic E-state index is 11.0. The summed E-state index contributed by atoms with van der Waals surface area (Å²) in [4.78, 5) is 20.0. The monoisotopic (exact) mass is 262 g/mol. The fourth-order valence-electron chi connectivity index (χ4n) is 1.29. The Hall–Kier alpha value is -0.810. The first-order valence-corrected chi connectivity index (χ1v) is 6.65. The molecule has 0 spiro atoms. The van der Waals surface area contributed by atoms with E-state index in [0.29, 0.717) is 6.61 Å². The highest BCUT2D eigenvalue weighted by Crippen LogP contribution is 2.08. The second kappa shape index (κ2) is 10.1. The van der Waals surface area contributed by atoms with Crippen LogP contribution in [-0.4, -0.2) is 18.4 Å². The molecule has 18 heavy (non-hydrogen) atoms. The van der Waals surface area contributed by atoms with Gasteiger partial charge in [0.2, 0.25) is 0 Å². The lowest BCUT2D eigenvalue weighted by Gasteiger charge is -2.17. The predicted molar refractivity (Wildman–Crippen MR) is 67.7 cm³/mol. The van der Waals surface area contributed by atoms with Gasteiger partial charge in [0.15, 0.2) is 0 Å². The number of rotatable bonds is 9. The summed E-state index contributed by atoms with van der Waals surface area (Å²) >= 11 is 0. The van der Waals surface area contributed by atoms with Crippen molar-refractivity contribution in [3.8, 4) is 0 Å². The van der Waals surface area contributed by atoms with Crippen LogP contribution in [0.25, 0.3) is 0 Å². The Labute approximate surface area is 110 Å². The Balaban J connectivity index is 3.23. The van der Waals surface area contributed by atoms with Crippen LogP contribution in [0.3, 0.4) is 0 Å².